The second-order valence-corrected chi connectivity index (χ2v) is 6.84. The largest absolute Gasteiger partial charge is 0.361 e. The molecule has 130 valence electrons. The van der Waals surface area contributed by atoms with Crippen molar-refractivity contribution >= 4 is 17.5 Å². The molecule has 0 unspecified atom stereocenters. The fourth-order valence-electron chi connectivity index (χ4n) is 3.78. The number of fused-ring (bicyclic) bond motifs is 1. The lowest BCUT2D eigenvalue weighted by Crippen LogP contribution is -2.66. The number of amides is 2. The van der Waals surface area contributed by atoms with Crippen LogP contribution in [0, 0.1) is 6.92 Å². The number of rotatable bonds is 1. The number of para-hydroxylation sites is 1. The number of hydrogen-bond donors (Lipinski definition) is 2. The first-order valence-corrected chi connectivity index (χ1v) is 8.47. The van der Waals surface area contributed by atoms with Crippen molar-refractivity contribution in [1.82, 2.24) is 20.0 Å². The lowest BCUT2D eigenvalue weighted by atomic mass is 9.93. The van der Waals surface area contributed by atoms with Gasteiger partial charge in [-0.05, 0) is 31.9 Å². The molecule has 0 saturated carbocycles. The standard InChI is InChI=1S/C18H21N5O2/c1-12-14(10-22(2)21-12)17(25)23-9-5-8-18(11-23)19-15-7-4-3-6-13(15)16(24)20-18/h3-4,6-7,10,19H,5,8-9,11H2,1-2H3,(H,20,24)/t18-/m1/s1. The van der Waals surface area contributed by atoms with E-state index >= 15 is 0 Å². The van der Waals surface area contributed by atoms with Crippen LogP contribution in [0.2, 0.25) is 0 Å². The Balaban J connectivity index is 1.60. The molecule has 7 nitrogen and oxygen atoms in total. The van der Waals surface area contributed by atoms with Crippen LogP contribution in [0.1, 0.15) is 39.3 Å². The second kappa shape index (κ2) is 5.61. The molecule has 1 spiro atoms. The summed E-state index contributed by atoms with van der Waals surface area (Å²) in [5.41, 5.74) is 2.17. The van der Waals surface area contributed by atoms with Crippen molar-refractivity contribution in [1.29, 1.82) is 0 Å². The van der Waals surface area contributed by atoms with Gasteiger partial charge in [0, 0.05) is 25.5 Å². The normalized spacial score (nSPS) is 22.3. The molecule has 7 heteroatoms. The van der Waals surface area contributed by atoms with Crippen molar-refractivity contribution in [2.75, 3.05) is 18.4 Å². The zero-order valence-corrected chi connectivity index (χ0v) is 14.4. The average molecular weight is 339 g/mol. The molecule has 2 aromatic rings. The molecular weight excluding hydrogens is 318 g/mol. The van der Waals surface area contributed by atoms with Gasteiger partial charge < -0.3 is 15.5 Å². The number of carbonyl (C=O) groups excluding carboxylic acids is 2. The molecule has 1 aromatic heterocycles. The highest BCUT2D eigenvalue weighted by Crippen LogP contribution is 2.31. The van der Waals surface area contributed by atoms with Gasteiger partial charge in [-0.1, -0.05) is 12.1 Å². The Hall–Kier alpha value is -2.83. The van der Waals surface area contributed by atoms with Crippen LogP contribution >= 0.6 is 0 Å². The van der Waals surface area contributed by atoms with Crippen LogP contribution in [0.25, 0.3) is 0 Å². The first-order chi connectivity index (χ1) is 12.0. The summed E-state index contributed by atoms with van der Waals surface area (Å²) in [6.07, 6.45) is 3.35. The maximum absolute atomic E-state index is 12.9. The Kier molecular flexibility index (Phi) is 3.52. The molecule has 2 aliphatic heterocycles. The number of piperidine rings is 1. The third kappa shape index (κ3) is 2.65. The molecule has 2 aliphatic rings. The molecule has 1 aromatic carbocycles. The minimum atomic E-state index is -0.616. The molecule has 1 atom stereocenters. The number of carbonyl (C=O) groups is 2. The van der Waals surface area contributed by atoms with E-state index in [-0.39, 0.29) is 11.8 Å². The van der Waals surface area contributed by atoms with Gasteiger partial charge in [-0.2, -0.15) is 5.10 Å². The summed E-state index contributed by atoms with van der Waals surface area (Å²) in [6, 6.07) is 7.46. The summed E-state index contributed by atoms with van der Waals surface area (Å²) in [4.78, 5) is 27.2. The Morgan fingerprint density at radius 3 is 2.84 bits per heavy atom. The van der Waals surface area contributed by atoms with Crippen molar-refractivity contribution in [3.05, 3.63) is 47.3 Å². The highest BCUT2D eigenvalue weighted by atomic mass is 16.2. The Labute approximate surface area is 146 Å². The average Bonchev–Trinajstić information content (AvgIpc) is 2.92. The van der Waals surface area contributed by atoms with Crippen molar-refractivity contribution in [3.63, 3.8) is 0 Å². The predicted molar refractivity (Wildman–Crippen MR) is 93.3 cm³/mol. The fraction of sp³-hybridized carbons (Fsp3) is 0.389. The molecule has 25 heavy (non-hydrogen) atoms. The molecule has 0 aliphatic carbocycles. The summed E-state index contributed by atoms with van der Waals surface area (Å²) >= 11 is 0. The van der Waals surface area contributed by atoms with Crippen LogP contribution in [0.4, 0.5) is 5.69 Å². The molecule has 2 N–H and O–H groups in total. The number of aryl methyl sites for hydroxylation is 2. The highest BCUT2D eigenvalue weighted by Gasteiger charge is 2.42. The third-order valence-corrected chi connectivity index (χ3v) is 4.92. The van der Waals surface area contributed by atoms with Gasteiger partial charge in [0.1, 0.15) is 5.66 Å². The molecule has 0 bridgehead atoms. The number of anilines is 1. The monoisotopic (exact) mass is 339 g/mol. The summed E-state index contributed by atoms with van der Waals surface area (Å²) in [5.74, 6) is -0.138. The first-order valence-electron chi connectivity index (χ1n) is 8.47. The Morgan fingerprint density at radius 2 is 2.08 bits per heavy atom. The van der Waals surface area contributed by atoms with Gasteiger partial charge in [-0.3, -0.25) is 14.3 Å². The number of likely N-dealkylation sites (tertiary alicyclic amines) is 1. The van der Waals surface area contributed by atoms with Gasteiger partial charge in [0.25, 0.3) is 11.8 Å². The van der Waals surface area contributed by atoms with Crippen LogP contribution < -0.4 is 10.6 Å². The van der Waals surface area contributed by atoms with Crippen molar-refractivity contribution in [2.45, 2.75) is 25.4 Å². The number of nitrogens with one attached hydrogen (secondary N) is 2. The predicted octanol–water partition coefficient (Wildman–Crippen LogP) is 1.52. The van der Waals surface area contributed by atoms with E-state index in [1.807, 2.05) is 25.1 Å². The second-order valence-electron chi connectivity index (χ2n) is 6.84. The van der Waals surface area contributed by atoms with E-state index in [9.17, 15) is 9.59 Å². The molecule has 1 fully saturated rings. The smallest absolute Gasteiger partial charge is 0.257 e. The molecule has 1 saturated heterocycles. The Bertz CT molecular complexity index is 859. The van der Waals surface area contributed by atoms with Crippen LogP contribution in [-0.2, 0) is 7.05 Å². The summed E-state index contributed by atoms with van der Waals surface area (Å²) in [7, 11) is 1.81. The van der Waals surface area contributed by atoms with E-state index in [0.29, 0.717) is 24.2 Å². The van der Waals surface area contributed by atoms with Crippen LogP contribution in [-0.4, -0.2) is 45.2 Å². The summed E-state index contributed by atoms with van der Waals surface area (Å²) in [6.45, 7) is 2.94. The SMILES string of the molecule is Cc1nn(C)cc1C(=O)N1CCC[C@]2(C1)NC(=O)c1ccccc1N2. The van der Waals surface area contributed by atoms with Gasteiger partial charge in [0.2, 0.25) is 0 Å². The van der Waals surface area contributed by atoms with E-state index in [1.54, 1.807) is 28.9 Å². The van der Waals surface area contributed by atoms with Gasteiger partial charge in [0.15, 0.2) is 0 Å². The zero-order chi connectivity index (χ0) is 17.6. The van der Waals surface area contributed by atoms with E-state index in [0.717, 1.165) is 24.2 Å². The molecule has 3 heterocycles. The lowest BCUT2D eigenvalue weighted by molar-refractivity contribution is 0.0592. The maximum Gasteiger partial charge on any atom is 0.257 e. The number of hydrogen-bond acceptors (Lipinski definition) is 4. The van der Waals surface area contributed by atoms with Crippen molar-refractivity contribution < 1.29 is 9.59 Å². The molecular formula is C18H21N5O2. The number of aromatic nitrogens is 2. The number of benzene rings is 1. The summed E-state index contributed by atoms with van der Waals surface area (Å²) < 4.78 is 1.65. The first kappa shape index (κ1) is 15.7. The van der Waals surface area contributed by atoms with Crippen LogP contribution in [0.3, 0.4) is 0 Å². The fourth-order valence-corrected chi connectivity index (χ4v) is 3.78. The quantitative estimate of drug-likeness (QED) is 0.826. The topological polar surface area (TPSA) is 79.3 Å². The molecule has 0 radical (unpaired) electrons. The third-order valence-electron chi connectivity index (χ3n) is 4.92. The van der Waals surface area contributed by atoms with Gasteiger partial charge >= 0.3 is 0 Å². The molecule has 4 rings (SSSR count). The van der Waals surface area contributed by atoms with Gasteiger partial charge in [0.05, 0.1) is 23.4 Å². The lowest BCUT2D eigenvalue weighted by Gasteiger charge is -2.46. The minimum absolute atomic E-state index is 0.0421. The Morgan fingerprint density at radius 1 is 1.28 bits per heavy atom. The van der Waals surface area contributed by atoms with Crippen molar-refractivity contribution in [3.8, 4) is 0 Å². The number of nitrogens with zero attached hydrogens (tertiary/aromatic N) is 3. The van der Waals surface area contributed by atoms with Gasteiger partial charge in [-0.15, -0.1) is 0 Å². The molecule has 2 amide bonds. The van der Waals surface area contributed by atoms with E-state index in [2.05, 4.69) is 15.7 Å². The van der Waals surface area contributed by atoms with E-state index in [4.69, 9.17) is 0 Å². The minimum Gasteiger partial charge on any atom is -0.361 e. The van der Waals surface area contributed by atoms with Crippen molar-refractivity contribution in [2.24, 2.45) is 7.05 Å². The summed E-state index contributed by atoms with van der Waals surface area (Å²) in [5, 5.41) is 10.8. The van der Waals surface area contributed by atoms with Crippen LogP contribution in [0.5, 0.6) is 0 Å². The van der Waals surface area contributed by atoms with E-state index < -0.39 is 5.66 Å². The zero-order valence-electron chi connectivity index (χ0n) is 14.4. The maximum atomic E-state index is 12.9. The van der Waals surface area contributed by atoms with Crippen LogP contribution in [0.15, 0.2) is 30.5 Å². The van der Waals surface area contributed by atoms with E-state index in [1.165, 1.54) is 0 Å². The van der Waals surface area contributed by atoms with Gasteiger partial charge in [-0.25, -0.2) is 0 Å². The highest BCUT2D eigenvalue weighted by molar-refractivity contribution is 6.02.